The molecule has 3 aromatic rings. The zero-order valence-electron chi connectivity index (χ0n) is 18.4. The number of nitrogens with zero attached hydrogens (tertiary/aromatic N) is 4. The molecule has 1 saturated carbocycles. The van der Waals surface area contributed by atoms with Gasteiger partial charge in [-0.05, 0) is 50.5 Å². The highest BCUT2D eigenvalue weighted by Gasteiger charge is 2.26. The average molecular weight is 447 g/mol. The summed E-state index contributed by atoms with van der Waals surface area (Å²) in [4.78, 5) is 20.0. The number of pyridine rings is 2. The molecule has 3 aromatic heterocycles. The van der Waals surface area contributed by atoms with Gasteiger partial charge in [0.25, 0.3) is 0 Å². The molecule has 10 nitrogen and oxygen atoms in total. The lowest BCUT2D eigenvalue weighted by Crippen LogP contribution is -2.48. The molecule has 0 aliphatic heterocycles. The average Bonchev–Trinajstić information content (AvgIpc) is 3.20. The van der Waals surface area contributed by atoms with Crippen molar-refractivity contribution in [1.82, 2.24) is 20.4 Å². The number of hydrogen-bond acceptors (Lipinski definition) is 8. The van der Waals surface area contributed by atoms with Crippen molar-refractivity contribution in [3.63, 3.8) is 0 Å². The second-order valence-electron chi connectivity index (χ2n) is 8.14. The Kier molecular flexibility index (Phi) is 6.40. The second-order valence-corrected chi connectivity index (χ2v) is 8.14. The quantitative estimate of drug-likeness (QED) is 0.432. The summed E-state index contributed by atoms with van der Waals surface area (Å²) in [7, 11) is 0. The minimum Gasteiger partial charge on any atom is -0.465 e. The topological polar surface area (TPSA) is 149 Å². The van der Waals surface area contributed by atoms with Crippen LogP contribution in [0.3, 0.4) is 0 Å². The first-order chi connectivity index (χ1) is 15.9. The maximum Gasteiger partial charge on any atom is 0.404 e. The fourth-order valence-corrected chi connectivity index (χ4v) is 4.17. The highest BCUT2D eigenvalue weighted by molar-refractivity contribution is 5.72. The molecule has 0 aromatic carbocycles. The molecule has 1 aliphatic rings. The summed E-state index contributed by atoms with van der Waals surface area (Å²) in [5.74, 6) is 0.559. The molecule has 0 radical (unpaired) electrons. The Bertz CT molecular complexity index is 1200. The van der Waals surface area contributed by atoms with Crippen molar-refractivity contribution in [1.29, 1.82) is 5.26 Å². The number of rotatable bonds is 6. The smallest absolute Gasteiger partial charge is 0.404 e. The number of carbonyl (C=O) groups is 1. The summed E-state index contributed by atoms with van der Waals surface area (Å²) < 4.78 is 5.06. The van der Waals surface area contributed by atoms with Gasteiger partial charge in [-0.25, -0.2) is 14.8 Å². The van der Waals surface area contributed by atoms with Crippen LogP contribution < -0.4 is 16.0 Å². The largest absolute Gasteiger partial charge is 0.465 e. The summed E-state index contributed by atoms with van der Waals surface area (Å²) in [5.41, 5.74) is 4.77. The van der Waals surface area contributed by atoms with Crippen LogP contribution in [0.25, 0.3) is 11.1 Å². The van der Waals surface area contributed by atoms with E-state index in [0.29, 0.717) is 17.2 Å². The Hall–Kier alpha value is -4.13. The van der Waals surface area contributed by atoms with Crippen LogP contribution in [0.2, 0.25) is 0 Å². The highest BCUT2D eigenvalue weighted by Crippen LogP contribution is 2.29. The van der Waals surface area contributed by atoms with Crippen LogP contribution in [0.1, 0.15) is 42.8 Å². The Morgan fingerprint density at radius 3 is 2.70 bits per heavy atom. The molecule has 1 aliphatic carbocycles. The molecule has 1 fully saturated rings. The van der Waals surface area contributed by atoms with Gasteiger partial charge in [0.15, 0.2) is 5.69 Å². The van der Waals surface area contributed by atoms with Gasteiger partial charge in [0, 0.05) is 17.3 Å². The number of hydrogen-bond donors (Lipinski definition) is 4. The number of amides is 1. The Balaban J connectivity index is 1.59. The summed E-state index contributed by atoms with van der Waals surface area (Å²) >= 11 is 0. The number of anilines is 3. The maximum atomic E-state index is 11.2. The van der Waals surface area contributed by atoms with Crippen LogP contribution >= 0.6 is 0 Å². The fourth-order valence-electron chi connectivity index (χ4n) is 4.17. The van der Waals surface area contributed by atoms with Gasteiger partial charge in [0.2, 0.25) is 0 Å². The molecule has 0 saturated heterocycles. The summed E-state index contributed by atoms with van der Waals surface area (Å²) in [6.07, 6.45) is 5.76. The zero-order valence-corrected chi connectivity index (χ0v) is 18.4. The number of nitriles is 1. The van der Waals surface area contributed by atoms with Crippen molar-refractivity contribution in [3.8, 4) is 17.2 Å². The van der Waals surface area contributed by atoms with Crippen molar-refractivity contribution >= 4 is 23.3 Å². The normalized spacial score (nSPS) is 17.7. The summed E-state index contributed by atoms with van der Waals surface area (Å²) in [6.45, 7) is 3.75. The second kappa shape index (κ2) is 9.56. The van der Waals surface area contributed by atoms with E-state index in [1.165, 1.54) is 0 Å². The highest BCUT2D eigenvalue weighted by atomic mass is 16.5. The van der Waals surface area contributed by atoms with E-state index in [1.54, 1.807) is 18.5 Å². The van der Waals surface area contributed by atoms with E-state index < -0.39 is 6.09 Å². The van der Waals surface area contributed by atoms with Gasteiger partial charge in [-0.2, -0.15) is 5.26 Å². The van der Waals surface area contributed by atoms with Gasteiger partial charge < -0.3 is 25.6 Å². The number of aryl methyl sites for hydroxylation is 2. The predicted octanol–water partition coefficient (Wildman–Crippen LogP) is 4.35. The van der Waals surface area contributed by atoms with Gasteiger partial charge in [0.05, 0.1) is 29.3 Å². The lowest BCUT2D eigenvalue weighted by Gasteiger charge is -2.32. The molecule has 4 N–H and O–H groups in total. The molecule has 0 spiro atoms. The van der Waals surface area contributed by atoms with Gasteiger partial charge in [-0.1, -0.05) is 18.0 Å². The summed E-state index contributed by atoms with van der Waals surface area (Å²) in [6, 6.07) is 7.46. The van der Waals surface area contributed by atoms with Gasteiger partial charge >= 0.3 is 6.09 Å². The minimum absolute atomic E-state index is 0.0577. The minimum atomic E-state index is -1.03. The SMILES string of the molecule is Cc1cc(-c2conc2C)cc(Nc2cc(N[C@@H]3CCCC[C@@H]3NC(=O)O)cnc2C#N)n1. The van der Waals surface area contributed by atoms with Gasteiger partial charge in [-0.15, -0.1) is 0 Å². The monoisotopic (exact) mass is 447 g/mol. The molecule has 3 heterocycles. The van der Waals surface area contributed by atoms with Crippen molar-refractivity contribution in [2.24, 2.45) is 0 Å². The Morgan fingerprint density at radius 1 is 1.21 bits per heavy atom. The van der Waals surface area contributed by atoms with Crippen LogP contribution in [-0.4, -0.2) is 38.4 Å². The van der Waals surface area contributed by atoms with E-state index >= 15 is 0 Å². The molecule has 10 heteroatoms. The standard InChI is InChI=1S/C23H25N7O3/c1-13-7-15(17-12-33-30-14(17)2)8-22(26-13)28-20-9-16(11-25-21(20)10-24)27-18-5-3-4-6-19(18)29-23(31)32/h7-9,11-12,18-19,27,29H,3-6H2,1-2H3,(H,26,28)(H,31,32)/t18-,19+/m1/s1. The molecule has 2 atom stereocenters. The molecule has 0 bridgehead atoms. The fraction of sp³-hybridized carbons (Fsp3) is 0.348. The van der Waals surface area contributed by atoms with Crippen molar-refractivity contribution in [2.75, 3.05) is 10.6 Å². The van der Waals surface area contributed by atoms with Gasteiger partial charge in [0.1, 0.15) is 18.2 Å². The number of aromatic nitrogens is 3. The lowest BCUT2D eigenvalue weighted by molar-refractivity contribution is 0.184. The van der Waals surface area contributed by atoms with Gasteiger partial charge in [-0.3, -0.25) is 0 Å². The maximum absolute atomic E-state index is 11.2. The predicted molar refractivity (Wildman–Crippen MR) is 122 cm³/mol. The molecular weight excluding hydrogens is 422 g/mol. The van der Waals surface area contributed by atoms with Crippen LogP contribution in [-0.2, 0) is 0 Å². The number of carboxylic acid groups (broad SMARTS) is 1. The summed E-state index contributed by atoms with van der Waals surface area (Å²) in [5, 5.41) is 31.8. The Morgan fingerprint density at radius 2 is 2.00 bits per heavy atom. The molecule has 0 unspecified atom stereocenters. The molecule has 33 heavy (non-hydrogen) atoms. The third kappa shape index (κ3) is 5.20. The first kappa shape index (κ1) is 22.1. The molecule has 4 rings (SSSR count). The van der Waals surface area contributed by atoms with E-state index in [4.69, 9.17) is 9.63 Å². The molecule has 1 amide bonds. The van der Waals surface area contributed by atoms with Crippen LogP contribution in [0.4, 0.5) is 22.0 Å². The molecular formula is C23H25N7O3. The Labute approximate surface area is 191 Å². The van der Waals surface area contributed by atoms with Crippen molar-refractivity contribution < 1.29 is 14.4 Å². The van der Waals surface area contributed by atoms with Crippen molar-refractivity contribution in [3.05, 3.63) is 47.7 Å². The van der Waals surface area contributed by atoms with Crippen molar-refractivity contribution in [2.45, 2.75) is 51.6 Å². The first-order valence-electron chi connectivity index (χ1n) is 10.8. The lowest BCUT2D eigenvalue weighted by atomic mass is 9.90. The van der Waals surface area contributed by atoms with E-state index in [1.807, 2.05) is 26.0 Å². The van der Waals surface area contributed by atoms with Crippen LogP contribution in [0.5, 0.6) is 0 Å². The first-order valence-corrected chi connectivity index (χ1v) is 10.8. The van der Waals surface area contributed by atoms with Crippen LogP contribution in [0.15, 0.2) is 35.2 Å². The molecule has 170 valence electrons. The van der Waals surface area contributed by atoms with E-state index in [9.17, 15) is 10.1 Å². The number of nitrogens with one attached hydrogen (secondary N) is 3. The van der Waals surface area contributed by atoms with E-state index in [-0.39, 0.29) is 17.8 Å². The van der Waals surface area contributed by atoms with E-state index in [0.717, 1.165) is 48.2 Å². The van der Waals surface area contributed by atoms with Crippen LogP contribution in [0, 0.1) is 25.2 Å². The third-order valence-electron chi connectivity index (χ3n) is 5.70. The van der Waals surface area contributed by atoms with E-state index in [2.05, 4.69) is 37.1 Å². The zero-order chi connectivity index (χ0) is 23.4. The third-order valence-corrected chi connectivity index (χ3v) is 5.70.